The van der Waals surface area contributed by atoms with Gasteiger partial charge in [-0.25, -0.2) is 18.4 Å². The Labute approximate surface area is 180 Å². The maximum atomic E-state index is 12.5. The summed E-state index contributed by atoms with van der Waals surface area (Å²) in [5, 5.41) is 2.67. The molecule has 31 heavy (non-hydrogen) atoms. The molecule has 162 valence electrons. The van der Waals surface area contributed by atoms with E-state index in [0.29, 0.717) is 11.4 Å². The summed E-state index contributed by atoms with van der Waals surface area (Å²) < 4.78 is 37.9. The van der Waals surface area contributed by atoms with E-state index < -0.39 is 10.0 Å². The summed E-state index contributed by atoms with van der Waals surface area (Å²) in [5.41, 5.74) is 2.41. The van der Waals surface area contributed by atoms with Gasteiger partial charge in [-0.15, -0.1) is 0 Å². The van der Waals surface area contributed by atoms with Crippen LogP contribution in [0, 0.1) is 13.8 Å². The topological polar surface area (TPSA) is 120 Å². The van der Waals surface area contributed by atoms with Gasteiger partial charge in [-0.05, 0) is 55.3 Å². The molecule has 0 unspecified atom stereocenters. The second-order valence-electron chi connectivity index (χ2n) is 6.68. The largest absolute Gasteiger partial charge is 0.483 e. The van der Waals surface area contributed by atoms with Crippen LogP contribution >= 0.6 is 0 Å². The fourth-order valence-corrected chi connectivity index (χ4v) is 3.62. The summed E-state index contributed by atoms with van der Waals surface area (Å²) in [7, 11) is -2.45. The summed E-state index contributed by atoms with van der Waals surface area (Å²) in [4.78, 5) is 19.9. The minimum Gasteiger partial charge on any atom is -0.483 e. The molecule has 9 nitrogen and oxygen atoms in total. The Morgan fingerprint density at radius 1 is 1.03 bits per heavy atom. The Morgan fingerprint density at radius 3 is 2.48 bits per heavy atom. The highest BCUT2D eigenvalue weighted by Gasteiger charge is 2.16. The Bertz CT molecular complexity index is 1180. The summed E-state index contributed by atoms with van der Waals surface area (Å²) in [6.45, 7) is 3.68. The van der Waals surface area contributed by atoms with Gasteiger partial charge in [0.25, 0.3) is 15.9 Å². The van der Waals surface area contributed by atoms with Gasteiger partial charge < -0.3 is 14.8 Å². The Balaban J connectivity index is 1.61. The highest BCUT2D eigenvalue weighted by atomic mass is 32.2. The predicted molar refractivity (Wildman–Crippen MR) is 116 cm³/mol. The number of hydrogen-bond donors (Lipinski definition) is 2. The Hall–Kier alpha value is -3.66. The van der Waals surface area contributed by atoms with E-state index in [4.69, 9.17) is 9.47 Å². The van der Waals surface area contributed by atoms with Crippen LogP contribution in [-0.4, -0.2) is 38.0 Å². The zero-order valence-corrected chi connectivity index (χ0v) is 18.1. The van der Waals surface area contributed by atoms with E-state index in [9.17, 15) is 13.2 Å². The monoisotopic (exact) mass is 442 g/mol. The number of carbonyl (C=O) groups excluding carboxylic acids is 1. The van der Waals surface area contributed by atoms with Crippen molar-refractivity contribution in [1.82, 2.24) is 9.97 Å². The maximum absolute atomic E-state index is 12.5. The van der Waals surface area contributed by atoms with Gasteiger partial charge in [0.15, 0.2) is 6.61 Å². The average Bonchev–Trinajstić information content (AvgIpc) is 2.74. The molecule has 0 spiro atoms. The maximum Gasteiger partial charge on any atom is 0.263 e. The first-order chi connectivity index (χ1) is 14.8. The van der Waals surface area contributed by atoms with E-state index in [-0.39, 0.29) is 29.1 Å². The zero-order valence-electron chi connectivity index (χ0n) is 17.2. The summed E-state index contributed by atoms with van der Waals surface area (Å²) >= 11 is 0. The van der Waals surface area contributed by atoms with Crippen LogP contribution in [0.4, 0.5) is 11.5 Å². The van der Waals surface area contributed by atoms with Crippen LogP contribution in [0.5, 0.6) is 11.6 Å². The van der Waals surface area contributed by atoms with E-state index in [1.165, 1.54) is 43.8 Å². The van der Waals surface area contributed by atoms with Crippen molar-refractivity contribution in [3.63, 3.8) is 0 Å². The fraction of sp³-hybridized carbons (Fsp3) is 0.190. The van der Waals surface area contributed by atoms with Gasteiger partial charge in [0.05, 0.1) is 12.0 Å². The number of ether oxygens (including phenoxy) is 2. The molecule has 10 heteroatoms. The van der Waals surface area contributed by atoms with Gasteiger partial charge in [-0.2, -0.15) is 0 Å². The number of methoxy groups -OCH3 is 1. The standard InChI is InChI=1S/C21H22N4O5S/c1-14-4-5-15(2)18(10-14)30-12-20(26)24-16-6-8-17(9-7-16)31(27,28)25-19-11-21(29-3)23-13-22-19/h4-11,13H,12H2,1-3H3,(H,24,26)(H,22,23,25). The third kappa shape index (κ3) is 5.92. The first-order valence-corrected chi connectivity index (χ1v) is 10.7. The van der Waals surface area contributed by atoms with E-state index in [2.05, 4.69) is 20.0 Å². The minimum absolute atomic E-state index is 0.00899. The van der Waals surface area contributed by atoms with Crippen LogP contribution in [0.3, 0.4) is 0 Å². The van der Waals surface area contributed by atoms with Crippen molar-refractivity contribution in [3.05, 3.63) is 66.0 Å². The minimum atomic E-state index is -3.87. The third-order valence-electron chi connectivity index (χ3n) is 4.24. The molecule has 0 saturated heterocycles. The Kier molecular flexibility index (Phi) is 6.71. The van der Waals surface area contributed by atoms with E-state index in [1.54, 1.807) is 0 Å². The highest BCUT2D eigenvalue weighted by molar-refractivity contribution is 7.92. The molecular formula is C21H22N4O5S. The lowest BCUT2D eigenvalue weighted by Gasteiger charge is -2.11. The zero-order chi connectivity index (χ0) is 22.4. The number of nitrogens with one attached hydrogen (secondary N) is 2. The van der Waals surface area contributed by atoms with Gasteiger partial charge in [0.1, 0.15) is 17.9 Å². The van der Waals surface area contributed by atoms with Crippen LogP contribution in [0.15, 0.2) is 59.8 Å². The fourth-order valence-electron chi connectivity index (χ4n) is 2.62. The normalized spacial score (nSPS) is 10.9. The lowest BCUT2D eigenvalue weighted by atomic mass is 10.1. The molecule has 0 fully saturated rings. The van der Waals surface area contributed by atoms with Crippen molar-refractivity contribution in [2.24, 2.45) is 0 Å². The van der Waals surface area contributed by atoms with E-state index in [0.717, 1.165) is 11.1 Å². The number of aryl methyl sites for hydroxylation is 2. The van der Waals surface area contributed by atoms with Crippen molar-refractivity contribution in [2.75, 3.05) is 23.8 Å². The molecule has 0 bridgehead atoms. The summed E-state index contributed by atoms with van der Waals surface area (Å²) in [6, 6.07) is 12.9. The van der Waals surface area contributed by atoms with E-state index in [1.807, 2.05) is 32.0 Å². The number of carbonyl (C=O) groups is 1. The lowest BCUT2D eigenvalue weighted by Crippen LogP contribution is -2.20. The van der Waals surface area contributed by atoms with Crippen molar-refractivity contribution >= 4 is 27.4 Å². The van der Waals surface area contributed by atoms with Gasteiger partial charge in [0, 0.05) is 11.8 Å². The number of anilines is 2. The SMILES string of the molecule is COc1cc(NS(=O)(=O)c2ccc(NC(=O)COc3cc(C)ccc3C)cc2)ncn1. The molecule has 1 heterocycles. The predicted octanol–water partition coefficient (Wildman–Crippen LogP) is 2.92. The van der Waals surface area contributed by atoms with Crippen LogP contribution in [-0.2, 0) is 14.8 Å². The average molecular weight is 442 g/mol. The molecule has 1 aromatic heterocycles. The van der Waals surface area contributed by atoms with Crippen LogP contribution < -0.4 is 19.5 Å². The van der Waals surface area contributed by atoms with Crippen molar-refractivity contribution in [2.45, 2.75) is 18.7 Å². The number of sulfonamides is 1. The second kappa shape index (κ2) is 9.43. The smallest absolute Gasteiger partial charge is 0.263 e. The number of aromatic nitrogens is 2. The van der Waals surface area contributed by atoms with Crippen LogP contribution in [0.1, 0.15) is 11.1 Å². The van der Waals surface area contributed by atoms with Crippen molar-refractivity contribution < 1.29 is 22.7 Å². The number of hydrogen-bond acceptors (Lipinski definition) is 7. The second-order valence-corrected chi connectivity index (χ2v) is 8.36. The van der Waals surface area contributed by atoms with Gasteiger partial charge in [-0.1, -0.05) is 12.1 Å². The van der Waals surface area contributed by atoms with Crippen molar-refractivity contribution in [3.8, 4) is 11.6 Å². The Morgan fingerprint density at radius 2 is 1.77 bits per heavy atom. The molecular weight excluding hydrogens is 420 g/mol. The molecule has 0 saturated carbocycles. The third-order valence-corrected chi connectivity index (χ3v) is 5.61. The van der Waals surface area contributed by atoms with Crippen molar-refractivity contribution in [1.29, 1.82) is 0 Å². The molecule has 0 aliphatic heterocycles. The molecule has 1 amide bonds. The number of nitrogens with zero attached hydrogens (tertiary/aromatic N) is 2. The van der Waals surface area contributed by atoms with Gasteiger partial charge in [0.2, 0.25) is 5.88 Å². The molecule has 0 atom stereocenters. The molecule has 0 aliphatic carbocycles. The number of rotatable bonds is 8. The first kappa shape index (κ1) is 22.0. The molecule has 3 rings (SSSR count). The highest BCUT2D eigenvalue weighted by Crippen LogP contribution is 2.20. The lowest BCUT2D eigenvalue weighted by molar-refractivity contribution is -0.118. The van der Waals surface area contributed by atoms with Gasteiger partial charge >= 0.3 is 0 Å². The molecule has 3 aromatic rings. The van der Waals surface area contributed by atoms with Gasteiger partial charge in [-0.3, -0.25) is 9.52 Å². The molecule has 0 radical (unpaired) electrons. The van der Waals surface area contributed by atoms with Crippen LogP contribution in [0.2, 0.25) is 0 Å². The van der Waals surface area contributed by atoms with E-state index >= 15 is 0 Å². The molecule has 2 N–H and O–H groups in total. The quantitative estimate of drug-likeness (QED) is 0.550. The van der Waals surface area contributed by atoms with Crippen LogP contribution in [0.25, 0.3) is 0 Å². The first-order valence-electron chi connectivity index (χ1n) is 9.25. The molecule has 0 aliphatic rings. The summed E-state index contributed by atoms with van der Waals surface area (Å²) in [5.74, 6) is 0.591. The molecule has 2 aromatic carbocycles. The number of amides is 1. The number of benzene rings is 2. The summed E-state index contributed by atoms with van der Waals surface area (Å²) in [6.07, 6.45) is 1.19.